The molecule has 0 atom stereocenters. The molecule has 20 aromatic carbocycles. The lowest BCUT2D eigenvalue weighted by Crippen LogP contribution is -2.31. The van der Waals surface area contributed by atoms with Gasteiger partial charge in [0.25, 0.3) is 0 Å². The van der Waals surface area contributed by atoms with Gasteiger partial charge in [0, 0.05) is 4.47 Å². The van der Waals surface area contributed by atoms with E-state index in [1.165, 1.54) is 147 Å². The predicted molar refractivity (Wildman–Crippen MR) is 450 cm³/mol. The molecule has 0 saturated carbocycles. The average molecular weight is 1390 g/mol. The van der Waals surface area contributed by atoms with E-state index in [0.717, 1.165) is 42.7 Å². The van der Waals surface area contributed by atoms with Crippen molar-refractivity contribution in [2.45, 2.75) is 0 Å². The average Bonchev–Trinajstić information content (AvgIpc) is 0.727. The first-order valence-corrected chi connectivity index (χ1v) is 36.2. The maximum Gasteiger partial charge on any atom is 0.489 e. The van der Waals surface area contributed by atoms with E-state index in [9.17, 15) is 10.0 Å². The fourth-order valence-corrected chi connectivity index (χ4v) is 16.4. The highest BCUT2D eigenvalue weighted by atomic mass is 79.9. The van der Waals surface area contributed by atoms with Crippen LogP contribution in [0.2, 0.25) is 0 Å². The van der Waals surface area contributed by atoms with Crippen molar-refractivity contribution in [2.75, 3.05) is 0 Å². The van der Waals surface area contributed by atoms with Crippen molar-refractivity contribution < 1.29 is 10.0 Å². The SMILES string of the molecule is Brc1cccc(-c2cccc3c2ccc2ccccc23)c1.OB(O)c1c2ccccc2c(-c2cccc(-c3ccc4ccccc4c3)c2)c2ccccc12.c1cc(-c2ccc3ccccc3c2)cc(-c2c3ccccc3c(-c3cccc(-c4cccc5c4ccc4ccccc45)c3)c3ccccc23)c1. The van der Waals surface area contributed by atoms with Crippen LogP contribution in [-0.4, -0.2) is 17.2 Å². The fourth-order valence-electron chi connectivity index (χ4n) is 16.0. The minimum Gasteiger partial charge on any atom is -0.423 e. The summed E-state index contributed by atoms with van der Waals surface area (Å²) in [7, 11) is -1.54. The van der Waals surface area contributed by atoms with Crippen molar-refractivity contribution in [3.05, 3.63) is 393 Å². The number of halogens is 1. The molecule has 2 N–H and O–H groups in total. The third-order valence-corrected chi connectivity index (χ3v) is 21.3. The van der Waals surface area contributed by atoms with Crippen LogP contribution in [0.4, 0.5) is 0 Å². The van der Waals surface area contributed by atoms with Crippen LogP contribution in [0, 0.1) is 0 Å². The third-order valence-electron chi connectivity index (χ3n) is 20.8. The van der Waals surface area contributed by atoms with E-state index in [4.69, 9.17) is 0 Å². The maximum absolute atomic E-state index is 10.2. The normalized spacial score (nSPS) is 11.4. The van der Waals surface area contributed by atoms with E-state index in [0.29, 0.717) is 5.46 Å². The molecule has 2 nitrogen and oxygen atoms in total. The Kier molecular flexibility index (Phi) is 16.8. The number of benzene rings is 20. The highest BCUT2D eigenvalue weighted by Gasteiger charge is 2.23. The van der Waals surface area contributed by atoms with Crippen molar-refractivity contribution in [3.8, 4) is 77.9 Å². The molecule has 0 radical (unpaired) electrons. The first kappa shape index (κ1) is 63.6. The monoisotopic (exact) mass is 1390 g/mol. The quantitative estimate of drug-likeness (QED) is 0.0904. The summed E-state index contributed by atoms with van der Waals surface area (Å²) < 4.78 is 1.11. The van der Waals surface area contributed by atoms with Crippen LogP contribution in [0.5, 0.6) is 0 Å². The van der Waals surface area contributed by atoms with E-state index in [2.05, 4.69) is 368 Å². The smallest absolute Gasteiger partial charge is 0.423 e. The van der Waals surface area contributed by atoms with Gasteiger partial charge in [0.05, 0.1) is 0 Å². The van der Waals surface area contributed by atoms with Crippen LogP contribution >= 0.6 is 15.9 Å². The lowest BCUT2D eigenvalue weighted by Gasteiger charge is -2.19. The van der Waals surface area contributed by atoms with Crippen LogP contribution in [0.25, 0.3) is 186 Å². The van der Waals surface area contributed by atoms with Crippen molar-refractivity contribution in [3.63, 3.8) is 0 Å². The molecule has 0 aliphatic rings. The summed E-state index contributed by atoms with van der Waals surface area (Å²) in [5, 5.41) is 44.5. The first-order chi connectivity index (χ1) is 51.3. The molecule has 488 valence electrons. The minimum absolute atomic E-state index is 0.552. The molecule has 104 heavy (non-hydrogen) atoms. The Bertz CT molecular complexity index is 6640. The molecule has 20 aromatic rings. The number of hydrogen-bond acceptors (Lipinski definition) is 2. The molecular formula is C100H66BBrO2. The Morgan fingerprint density at radius 2 is 0.452 bits per heavy atom. The molecule has 0 bridgehead atoms. The molecule has 0 aromatic heterocycles. The molecular weight excluding hydrogens is 1320 g/mol. The first-order valence-electron chi connectivity index (χ1n) is 35.4. The number of hydrogen-bond donors (Lipinski definition) is 2. The number of fused-ring (bicyclic) bond motifs is 12. The van der Waals surface area contributed by atoms with Crippen LogP contribution in [-0.2, 0) is 0 Å². The molecule has 0 heterocycles. The van der Waals surface area contributed by atoms with E-state index in [1.54, 1.807) is 0 Å². The van der Waals surface area contributed by atoms with E-state index >= 15 is 0 Å². The molecule has 4 heteroatoms. The second kappa shape index (κ2) is 27.4. The highest BCUT2D eigenvalue weighted by molar-refractivity contribution is 9.10. The minimum atomic E-state index is -1.54. The van der Waals surface area contributed by atoms with Crippen molar-refractivity contribution >= 4 is 136 Å². The molecule has 0 spiro atoms. The van der Waals surface area contributed by atoms with Crippen LogP contribution in [0.15, 0.2) is 393 Å². The maximum atomic E-state index is 10.2. The van der Waals surface area contributed by atoms with Gasteiger partial charge in [-0.05, 0) is 234 Å². The van der Waals surface area contributed by atoms with Gasteiger partial charge in [-0.1, -0.05) is 362 Å². The fraction of sp³-hybridized carbons (Fsp3) is 0. The van der Waals surface area contributed by atoms with Gasteiger partial charge in [0.2, 0.25) is 0 Å². The number of rotatable bonds is 8. The summed E-state index contributed by atoms with van der Waals surface area (Å²) in [5.74, 6) is 0. The summed E-state index contributed by atoms with van der Waals surface area (Å²) in [6.45, 7) is 0. The lowest BCUT2D eigenvalue weighted by molar-refractivity contribution is 0.426. The van der Waals surface area contributed by atoms with Gasteiger partial charge in [-0.3, -0.25) is 0 Å². The molecule has 0 fully saturated rings. The van der Waals surface area contributed by atoms with Gasteiger partial charge < -0.3 is 10.0 Å². The second-order valence-electron chi connectivity index (χ2n) is 26.8. The Morgan fingerprint density at radius 1 is 0.173 bits per heavy atom. The summed E-state index contributed by atoms with van der Waals surface area (Å²) in [6.07, 6.45) is 0. The summed E-state index contributed by atoms with van der Waals surface area (Å²) in [4.78, 5) is 0. The van der Waals surface area contributed by atoms with Crippen molar-refractivity contribution in [1.29, 1.82) is 0 Å². The zero-order valence-electron chi connectivity index (χ0n) is 56.8. The predicted octanol–water partition coefficient (Wildman–Crippen LogP) is 26.7. The summed E-state index contributed by atoms with van der Waals surface area (Å²) >= 11 is 3.56. The second-order valence-corrected chi connectivity index (χ2v) is 27.8. The van der Waals surface area contributed by atoms with Gasteiger partial charge >= 0.3 is 7.12 Å². The molecule has 0 amide bonds. The zero-order chi connectivity index (χ0) is 69.6. The highest BCUT2D eigenvalue weighted by Crippen LogP contribution is 2.47. The molecule has 0 saturated heterocycles. The zero-order valence-corrected chi connectivity index (χ0v) is 58.4. The van der Waals surface area contributed by atoms with Crippen LogP contribution in [0.1, 0.15) is 0 Å². The topological polar surface area (TPSA) is 40.5 Å². The van der Waals surface area contributed by atoms with Gasteiger partial charge in [0.15, 0.2) is 0 Å². The standard InChI is InChI=1S/C50H32.C30H21BO2.C20H13Br/c1-2-14-35-30-37(27-26-33(35)12-1)36-15-9-17-39(31-36)49-45-20-5-7-22-47(45)50(48-23-8-6-21-46(48)49)40-18-10-16-38(32-40)42-24-11-25-43-41-19-4-3-13-34(41)28-29-44(42)43;32-31(33)30-27-14-5-3-12-25(27)29(26-13-4-6-15-28(26)30)24-11-7-10-22(19-24)23-17-16-20-8-1-2-9-21(20)18-23;21-16-7-3-6-15(13-16)18-9-4-10-19-17-8-2-1-5-14(17)11-12-20(18)19/h1-32H;1-19,32-33H;1-13H. The summed E-state index contributed by atoms with van der Waals surface area (Å²) in [6, 6.07) is 139. The van der Waals surface area contributed by atoms with Crippen LogP contribution in [0.3, 0.4) is 0 Å². The van der Waals surface area contributed by atoms with E-state index in [-0.39, 0.29) is 0 Å². The van der Waals surface area contributed by atoms with Crippen molar-refractivity contribution in [1.82, 2.24) is 0 Å². The molecule has 0 aliphatic heterocycles. The van der Waals surface area contributed by atoms with Gasteiger partial charge in [-0.15, -0.1) is 0 Å². The Labute approximate surface area is 612 Å². The summed E-state index contributed by atoms with van der Waals surface area (Å²) in [5.41, 5.74) is 17.5. The lowest BCUT2D eigenvalue weighted by atomic mass is 9.72. The van der Waals surface area contributed by atoms with Crippen molar-refractivity contribution in [2.24, 2.45) is 0 Å². The van der Waals surface area contributed by atoms with Crippen LogP contribution < -0.4 is 5.46 Å². The van der Waals surface area contributed by atoms with E-state index < -0.39 is 7.12 Å². The molecule has 0 aliphatic carbocycles. The molecule has 0 unspecified atom stereocenters. The molecule has 20 rings (SSSR count). The Hall–Kier alpha value is -12.5. The Morgan fingerprint density at radius 3 is 0.856 bits per heavy atom. The van der Waals surface area contributed by atoms with E-state index in [1.807, 2.05) is 36.4 Å². The van der Waals surface area contributed by atoms with Gasteiger partial charge in [-0.25, -0.2) is 0 Å². The Balaban J connectivity index is 0.000000122. The largest absolute Gasteiger partial charge is 0.489 e. The van der Waals surface area contributed by atoms with Gasteiger partial charge in [0.1, 0.15) is 0 Å². The van der Waals surface area contributed by atoms with Gasteiger partial charge in [-0.2, -0.15) is 0 Å². The third kappa shape index (κ3) is 11.8.